The van der Waals surface area contributed by atoms with Gasteiger partial charge in [-0.1, -0.05) is 0 Å². The van der Waals surface area contributed by atoms with Gasteiger partial charge in [0.2, 0.25) is 11.9 Å². The van der Waals surface area contributed by atoms with E-state index in [2.05, 4.69) is 9.97 Å². The van der Waals surface area contributed by atoms with Gasteiger partial charge in [-0.2, -0.15) is 18.4 Å². The summed E-state index contributed by atoms with van der Waals surface area (Å²) in [6, 6.07) is 3.24. The van der Waals surface area contributed by atoms with Crippen molar-refractivity contribution in [2.45, 2.75) is 13.1 Å². The topological polar surface area (TPSA) is 95.9 Å². The van der Waals surface area contributed by atoms with Gasteiger partial charge < -0.3 is 10.6 Å². The maximum absolute atomic E-state index is 13.0. The monoisotopic (exact) mass is 299 g/mol. The molecule has 2 rings (SSSR count). The van der Waals surface area contributed by atoms with E-state index in [1.165, 1.54) is 11.0 Å². The summed E-state index contributed by atoms with van der Waals surface area (Å²) in [5, 5.41) is 8.84. The summed E-state index contributed by atoms with van der Waals surface area (Å²) >= 11 is 0. The van der Waals surface area contributed by atoms with Crippen LogP contribution in [0.4, 0.5) is 19.1 Å². The molecule has 0 unspecified atom stereocenters. The van der Waals surface area contributed by atoms with Crippen LogP contribution in [0.1, 0.15) is 11.4 Å². The highest BCUT2D eigenvalue weighted by molar-refractivity contribution is 5.78. The largest absolute Gasteiger partial charge is 0.394 e. The number of carbonyl (C=O) groups excluding carboxylic acids is 1. The van der Waals surface area contributed by atoms with Crippen LogP contribution in [0.3, 0.4) is 0 Å². The third-order valence-electron chi connectivity index (χ3n) is 3.35. The van der Waals surface area contributed by atoms with Crippen molar-refractivity contribution in [3.05, 3.63) is 17.5 Å². The Balaban J connectivity index is 2.33. The van der Waals surface area contributed by atoms with Crippen molar-refractivity contribution < 1.29 is 18.0 Å². The summed E-state index contributed by atoms with van der Waals surface area (Å²) in [6.45, 7) is 0.939. The number of rotatable bonds is 2. The Kier molecular flexibility index (Phi) is 3.72. The van der Waals surface area contributed by atoms with E-state index in [1.807, 2.05) is 6.07 Å². The fourth-order valence-corrected chi connectivity index (χ4v) is 2.34. The number of nitrogens with two attached hydrogens (primary N) is 1. The molecule has 2 N–H and O–H groups in total. The predicted octanol–water partition coefficient (Wildman–Crippen LogP) is 0.757. The van der Waals surface area contributed by atoms with E-state index in [9.17, 15) is 18.0 Å². The zero-order chi connectivity index (χ0) is 15.8. The number of anilines is 1. The van der Waals surface area contributed by atoms with Crippen LogP contribution < -0.4 is 10.6 Å². The Hall–Kier alpha value is -2.37. The maximum atomic E-state index is 13.0. The van der Waals surface area contributed by atoms with Crippen LogP contribution in [0.15, 0.2) is 6.07 Å². The third-order valence-corrected chi connectivity index (χ3v) is 3.35. The molecular weight excluding hydrogens is 287 g/mol. The van der Waals surface area contributed by atoms with Gasteiger partial charge in [-0.3, -0.25) is 4.79 Å². The maximum Gasteiger partial charge on any atom is 0.394 e. The molecule has 0 bridgehead atoms. The summed E-state index contributed by atoms with van der Waals surface area (Å²) in [7, 11) is 0. The van der Waals surface area contributed by atoms with Crippen molar-refractivity contribution in [1.82, 2.24) is 9.97 Å². The lowest BCUT2D eigenvalue weighted by molar-refractivity contribution is -0.181. The minimum atomic E-state index is -4.53. The second-order valence-electron chi connectivity index (χ2n) is 4.87. The number of aromatic nitrogens is 2. The number of primary amides is 1. The van der Waals surface area contributed by atoms with E-state index >= 15 is 0 Å². The number of carbonyl (C=O) groups is 1. The van der Waals surface area contributed by atoms with E-state index < -0.39 is 30.5 Å². The van der Waals surface area contributed by atoms with Gasteiger partial charge in [0.05, 0.1) is 11.8 Å². The number of aryl methyl sites for hydroxylation is 1. The first-order chi connectivity index (χ1) is 9.72. The van der Waals surface area contributed by atoms with Gasteiger partial charge in [0.1, 0.15) is 11.8 Å². The molecule has 112 valence electrons. The summed E-state index contributed by atoms with van der Waals surface area (Å²) in [4.78, 5) is 20.4. The number of amides is 1. The molecule has 0 radical (unpaired) electrons. The van der Waals surface area contributed by atoms with Crippen LogP contribution in [-0.2, 0) is 4.79 Å². The number of nitriles is 1. The number of halogens is 3. The van der Waals surface area contributed by atoms with Gasteiger partial charge in [-0.25, -0.2) is 9.97 Å². The summed E-state index contributed by atoms with van der Waals surface area (Å²) in [5.74, 6) is -4.21. The molecule has 0 aliphatic carbocycles. The predicted molar refractivity (Wildman–Crippen MR) is 65.9 cm³/mol. The first-order valence-electron chi connectivity index (χ1n) is 6.09. The van der Waals surface area contributed by atoms with Gasteiger partial charge in [-0.15, -0.1) is 0 Å². The Morgan fingerprint density at radius 2 is 2.14 bits per heavy atom. The molecule has 1 fully saturated rings. The molecule has 0 aromatic carbocycles. The minimum absolute atomic E-state index is 0.00421. The summed E-state index contributed by atoms with van der Waals surface area (Å²) in [6.07, 6.45) is -4.53. The van der Waals surface area contributed by atoms with Gasteiger partial charge in [-0.05, 0) is 13.0 Å². The van der Waals surface area contributed by atoms with Crippen LogP contribution in [0.5, 0.6) is 0 Å². The fourth-order valence-electron chi connectivity index (χ4n) is 2.34. The van der Waals surface area contributed by atoms with Gasteiger partial charge in [0.25, 0.3) is 0 Å². The van der Waals surface area contributed by atoms with Crippen LogP contribution in [0.25, 0.3) is 0 Å². The van der Waals surface area contributed by atoms with E-state index in [0.29, 0.717) is 5.69 Å². The molecule has 21 heavy (non-hydrogen) atoms. The third kappa shape index (κ3) is 3.04. The fraction of sp³-hybridized carbons (Fsp3) is 0.500. The smallest absolute Gasteiger partial charge is 0.369 e. The molecule has 0 saturated carbocycles. The van der Waals surface area contributed by atoms with Crippen molar-refractivity contribution >= 4 is 11.9 Å². The molecule has 1 aliphatic heterocycles. The molecule has 1 aliphatic rings. The molecule has 1 aromatic heterocycles. The lowest BCUT2D eigenvalue weighted by Crippen LogP contribution is -2.37. The molecular formula is C12H12F3N5O. The standard InChI is InChI=1S/C12H12F3N5O/c1-6-2-7(3-16)19-11(18-6)20-4-8(10(17)21)9(5-20)12(13,14)15/h2,8-9H,4-5H2,1H3,(H2,17,21)/t8-,9-/m1/s1. The molecule has 1 aromatic rings. The second kappa shape index (κ2) is 5.20. The normalized spacial score (nSPS) is 22.1. The molecule has 0 spiro atoms. The Labute approximate surface area is 118 Å². The number of alkyl halides is 3. The average molecular weight is 299 g/mol. The zero-order valence-electron chi connectivity index (χ0n) is 11.1. The van der Waals surface area contributed by atoms with Crippen LogP contribution in [0, 0.1) is 30.1 Å². The first kappa shape index (κ1) is 15.0. The minimum Gasteiger partial charge on any atom is -0.369 e. The SMILES string of the molecule is Cc1cc(C#N)nc(N2C[C@@H](C(F)(F)F)[C@H](C(N)=O)C2)n1. The van der Waals surface area contributed by atoms with Crippen molar-refractivity contribution in [2.75, 3.05) is 18.0 Å². The quantitative estimate of drug-likeness (QED) is 0.869. The van der Waals surface area contributed by atoms with E-state index in [0.717, 1.165) is 0 Å². The van der Waals surface area contributed by atoms with E-state index in [1.54, 1.807) is 6.92 Å². The number of hydrogen-bond donors (Lipinski definition) is 1. The summed E-state index contributed by atoms with van der Waals surface area (Å²) < 4.78 is 38.9. The first-order valence-corrected chi connectivity index (χ1v) is 6.09. The highest BCUT2D eigenvalue weighted by atomic mass is 19.4. The Morgan fingerprint density at radius 3 is 2.62 bits per heavy atom. The average Bonchev–Trinajstić information content (AvgIpc) is 2.83. The van der Waals surface area contributed by atoms with Gasteiger partial charge >= 0.3 is 6.18 Å². The van der Waals surface area contributed by atoms with Gasteiger partial charge in [0.15, 0.2) is 0 Å². The van der Waals surface area contributed by atoms with Crippen molar-refractivity contribution in [3.63, 3.8) is 0 Å². The van der Waals surface area contributed by atoms with Crippen LogP contribution in [-0.4, -0.2) is 35.1 Å². The Morgan fingerprint density at radius 1 is 1.48 bits per heavy atom. The van der Waals surface area contributed by atoms with Crippen LogP contribution >= 0.6 is 0 Å². The van der Waals surface area contributed by atoms with Crippen molar-refractivity contribution in [1.29, 1.82) is 5.26 Å². The molecule has 1 amide bonds. The van der Waals surface area contributed by atoms with Crippen molar-refractivity contribution in [3.8, 4) is 6.07 Å². The number of hydrogen-bond acceptors (Lipinski definition) is 5. The zero-order valence-corrected chi connectivity index (χ0v) is 11.1. The highest BCUT2D eigenvalue weighted by Crippen LogP contribution is 2.38. The molecule has 6 nitrogen and oxygen atoms in total. The van der Waals surface area contributed by atoms with Crippen LogP contribution in [0.2, 0.25) is 0 Å². The van der Waals surface area contributed by atoms with E-state index in [4.69, 9.17) is 11.0 Å². The highest BCUT2D eigenvalue weighted by Gasteiger charge is 2.52. The number of nitrogens with zero attached hydrogens (tertiary/aromatic N) is 4. The molecule has 9 heteroatoms. The Bertz CT molecular complexity index is 610. The lowest BCUT2D eigenvalue weighted by Gasteiger charge is -2.18. The van der Waals surface area contributed by atoms with Gasteiger partial charge in [0, 0.05) is 18.8 Å². The summed E-state index contributed by atoms with van der Waals surface area (Å²) in [5.41, 5.74) is 5.57. The molecule has 2 heterocycles. The lowest BCUT2D eigenvalue weighted by atomic mass is 9.95. The van der Waals surface area contributed by atoms with E-state index in [-0.39, 0.29) is 18.2 Å². The van der Waals surface area contributed by atoms with Crippen molar-refractivity contribution in [2.24, 2.45) is 17.6 Å². The molecule has 1 saturated heterocycles. The second-order valence-corrected chi connectivity index (χ2v) is 4.87. The molecule has 2 atom stereocenters.